The van der Waals surface area contributed by atoms with Crippen molar-refractivity contribution >= 4 is 24.1 Å². The van der Waals surface area contributed by atoms with E-state index < -0.39 is 26.1 Å². The van der Waals surface area contributed by atoms with Crippen LogP contribution in [-0.4, -0.2) is 40.7 Å². The van der Waals surface area contributed by atoms with Gasteiger partial charge < -0.3 is 14.0 Å². The van der Waals surface area contributed by atoms with Crippen LogP contribution in [0.3, 0.4) is 0 Å². The normalized spacial score (nSPS) is 20.0. The van der Waals surface area contributed by atoms with E-state index in [1.54, 1.807) is 32.4 Å². The summed E-state index contributed by atoms with van der Waals surface area (Å²) in [6.07, 6.45) is 0.984. The molecule has 6 heteroatoms. The van der Waals surface area contributed by atoms with E-state index in [1.807, 2.05) is 42.5 Å². The molecule has 0 saturated carbocycles. The molecule has 0 radical (unpaired) electrons. The molecular formula is C30H28N3O2P. The van der Waals surface area contributed by atoms with Gasteiger partial charge in [0.15, 0.2) is 0 Å². The Morgan fingerprint density at radius 3 is 2.58 bits per heavy atom. The lowest BCUT2D eigenvalue weighted by Gasteiger charge is -2.24. The van der Waals surface area contributed by atoms with Crippen LogP contribution < -0.4 is 0 Å². The molecule has 0 unspecified atom stereocenters. The Hall–Kier alpha value is -3.61. The van der Waals surface area contributed by atoms with E-state index >= 15 is 0 Å². The molecule has 5 nitrogen and oxygen atoms in total. The Labute approximate surface area is 215 Å². The molecule has 2 aliphatic rings. The van der Waals surface area contributed by atoms with Gasteiger partial charge in [0.25, 0.3) is 5.91 Å². The molecule has 0 saturated heterocycles. The second-order valence-corrected chi connectivity index (χ2v) is 13.5. The van der Waals surface area contributed by atoms with E-state index in [0.29, 0.717) is 24.0 Å². The van der Waals surface area contributed by atoms with Crippen molar-refractivity contribution in [2.45, 2.75) is 31.6 Å². The van der Waals surface area contributed by atoms with Crippen LogP contribution in [0.4, 0.5) is 0 Å². The summed E-state index contributed by atoms with van der Waals surface area (Å²) in [5.74, 6) is 6.15. The molecule has 0 spiro atoms. The second kappa shape index (κ2) is 8.22. The zero-order chi connectivity index (χ0) is 27.7. The number of carbonyl (C=O) groups excluding carboxylic acids is 1. The molecule has 36 heavy (non-hydrogen) atoms. The van der Waals surface area contributed by atoms with E-state index in [0.717, 1.165) is 43.8 Å². The van der Waals surface area contributed by atoms with Gasteiger partial charge in [0.1, 0.15) is 5.82 Å². The number of aromatic nitrogens is 2. The molecule has 2 bridgehead atoms. The first-order chi connectivity index (χ1) is 18.5. The summed E-state index contributed by atoms with van der Waals surface area (Å²) >= 11 is 0. The smallest absolute Gasteiger partial charge is 0.254 e. The van der Waals surface area contributed by atoms with Gasteiger partial charge in [-0.1, -0.05) is 42.3 Å². The van der Waals surface area contributed by atoms with Gasteiger partial charge in [0, 0.05) is 40.4 Å². The number of hydrogen-bond donors (Lipinski definition) is 0. The van der Waals surface area contributed by atoms with Crippen molar-refractivity contribution in [1.82, 2.24) is 14.5 Å². The van der Waals surface area contributed by atoms with Crippen molar-refractivity contribution in [3.05, 3.63) is 88.7 Å². The monoisotopic (exact) mass is 496 g/mol. The molecule has 1 amide bonds. The molecule has 0 aliphatic carbocycles. The highest BCUT2D eigenvalue weighted by molar-refractivity contribution is 7.61. The predicted molar refractivity (Wildman–Crippen MR) is 145 cm³/mol. The maximum absolute atomic E-state index is 13.7. The van der Waals surface area contributed by atoms with Crippen LogP contribution in [0.15, 0.2) is 60.7 Å². The fourth-order valence-electron chi connectivity index (χ4n) is 5.61. The van der Waals surface area contributed by atoms with E-state index in [2.05, 4.69) is 22.5 Å². The predicted octanol–water partition coefficient (Wildman–Crippen LogP) is 6.32. The number of amides is 1. The summed E-state index contributed by atoms with van der Waals surface area (Å²) < 4.78 is 39.1. The Morgan fingerprint density at radius 1 is 1.08 bits per heavy atom. The van der Waals surface area contributed by atoms with Crippen molar-refractivity contribution in [3.8, 4) is 23.0 Å². The third kappa shape index (κ3) is 3.60. The first kappa shape index (κ1) is 19.6. The van der Waals surface area contributed by atoms with Gasteiger partial charge >= 0.3 is 0 Å². The number of hydrogen-bond acceptors (Lipinski definition) is 3. The van der Waals surface area contributed by atoms with E-state index in [4.69, 9.17) is 9.10 Å². The van der Waals surface area contributed by atoms with Crippen molar-refractivity contribution in [3.63, 3.8) is 0 Å². The standard InChI is InChI=1S/C30H28N3O2P/c1-5-7-21-8-6-9-23-28(21)26-17-27(32(2)30(23)34)29-31-24-15-14-22(16-25(24)33(26)29)20-12-10-19(11-13-20)18-36(3,4)35/h6,8-16,26-27H,17-18H2,1-4H3/t26-,27-/m1/s1/i2D3. The van der Waals surface area contributed by atoms with Crippen molar-refractivity contribution in [2.75, 3.05) is 20.3 Å². The van der Waals surface area contributed by atoms with Crippen LogP contribution in [0, 0.1) is 11.8 Å². The molecule has 4 aromatic rings. The average molecular weight is 497 g/mol. The summed E-state index contributed by atoms with van der Waals surface area (Å²) in [5, 5.41) is 0. The molecule has 6 rings (SSSR count). The highest BCUT2D eigenvalue weighted by Gasteiger charge is 2.44. The average Bonchev–Trinajstić information content (AvgIpc) is 3.36. The summed E-state index contributed by atoms with van der Waals surface area (Å²) in [7, 11) is -2.17. The summed E-state index contributed by atoms with van der Waals surface area (Å²) in [4.78, 5) is 19.6. The number of rotatable bonds is 3. The molecular weight excluding hydrogens is 465 g/mol. The topological polar surface area (TPSA) is 55.2 Å². The SMILES string of the molecule is [2H]C([2H])([2H])N1C(=O)c2cccc(C#CC)c2[C@H]2C[C@@H]1c1nc3ccc(-c4ccc(CP(C)(C)=O)cc4)cc3n12. The minimum absolute atomic E-state index is 0.278. The lowest BCUT2D eigenvalue weighted by atomic mass is 9.93. The number of benzene rings is 3. The minimum atomic E-state index is -2.62. The van der Waals surface area contributed by atoms with Crippen molar-refractivity contribution in [1.29, 1.82) is 0 Å². The van der Waals surface area contributed by atoms with Gasteiger partial charge in [-0.15, -0.1) is 5.92 Å². The zero-order valence-corrected chi connectivity index (χ0v) is 21.3. The Balaban J connectivity index is 1.54. The van der Waals surface area contributed by atoms with Gasteiger partial charge in [-0.25, -0.2) is 4.98 Å². The first-order valence-electron chi connectivity index (χ1n) is 13.5. The lowest BCUT2D eigenvalue weighted by Crippen LogP contribution is -2.30. The maximum atomic E-state index is 13.7. The quantitative estimate of drug-likeness (QED) is 0.246. The number of nitrogens with zero attached hydrogens (tertiary/aromatic N) is 3. The van der Waals surface area contributed by atoms with Crippen LogP contribution in [0.1, 0.15) is 62.4 Å². The number of carbonyl (C=O) groups is 1. The lowest BCUT2D eigenvalue weighted by molar-refractivity contribution is 0.0734. The number of fused-ring (bicyclic) bond motifs is 9. The highest BCUT2D eigenvalue weighted by Crippen LogP contribution is 2.48. The van der Waals surface area contributed by atoms with Gasteiger partial charge in [-0.3, -0.25) is 4.79 Å². The van der Waals surface area contributed by atoms with Gasteiger partial charge in [0.2, 0.25) is 0 Å². The van der Waals surface area contributed by atoms with Gasteiger partial charge in [-0.05, 0) is 61.2 Å². The van der Waals surface area contributed by atoms with Gasteiger partial charge in [-0.2, -0.15) is 0 Å². The van der Waals surface area contributed by atoms with Crippen molar-refractivity contribution in [2.24, 2.45) is 0 Å². The molecule has 0 N–H and O–H groups in total. The first-order valence-corrected chi connectivity index (χ1v) is 14.8. The summed E-state index contributed by atoms with van der Waals surface area (Å²) in [5.41, 5.74) is 6.55. The third-order valence-electron chi connectivity index (χ3n) is 7.08. The molecule has 3 aromatic carbocycles. The molecule has 2 aliphatic heterocycles. The van der Waals surface area contributed by atoms with E-state index in [-0.39, 0.29) is 6.04 Å². The zero-order valence-electron chi connectivity index (χ0n) is 23.4. The molecule has 3 heterocycles. The number of imidazole rings is 1. The summed E-state index contributed by atoms with van der Waals surface area (Å²) in [6, 6.07) is 18.5. The maximum Gasteiger partial charge on any atom is 0.254 e. The second-order valence-electron chi connectivity index (χ2n) is 10.1. The fraction of sp³-hybridized carbons (Fsp3) is 0.267. The summed E-state index contributed by atoms with van der Waals surface area (Å²) in [6.45, 7) is 2.72. The molecule has 1 aromatic heterocycles. The Bertz CT molecular complexity index is 1760. The van der Waals surface area contributed by atoms with Crippen molar-refractivity contribution < 1.29 is 13.5 Å². The Kier molecular flexibility index (Phi) is 4.47. The minimum Gasteiger partial charge on any atom is -0.331 e. The van der Waals surface area contributed by atoms with Gasteiger partial charge in [0.05, 0.1) is 30.3 Å². The molecule has 180 valence electrons. The van der Waals surface area contributed by atoms with Crippen LogP contribution in [0.2, 0.25) is 0 Å². The molecule has 0 fully saturated rings. The van der Waals surface area contributed by atoms with Crippen LogP contribution >= 0.6 is 7.14 Å². The van der Waals surface area contributed by atoms with Crippen LogP contribution in [0.25, 0.3) is 22.2 Å². The highest BCUT2D eigenvalue weighted by atomic mass is 31.2. The van der Waals surface area contributed by atoms with E-state index in [1.165, 1.54) is 0 Å². The largest absolute Gasteiger partial charge is 0.331 e. The molecule has 2 atom stereocenters. The van der Waals surface area contributed by atoms with Crippen LogP contribution in [0.5, 0.6) is 0 Å². The third-order valence-corrected chi connectivity index (χ3v) is 8.21. The Morgan fingerprint density at radius 2 is 1.86 bits per heavy atom. The van der Waals surface area contributed by atoms with Crippen LogP contribution in [-0.2, 0) is 10.7 Å². The van der Waals surface area contributed by atoms with E-state index in [9.17, 15) is 9.36 Å². The fourth-order valence-corrected chi connectivity index (χ4v) is 6.70.